The highest BCUT2D eigenvalue weighted by atomic mass is 19.4. The molecule has 1 amide bonds. The Balaban J connectivity index is 1.72. The molecule has 1 heterocycles. The molecule has 0 bridgehead atoms. The monoisotopic (exact) mass is 365 g/mol. The number of halogens is 4. The third kappa shape index (κ3) is 4.02. The molecule has 3 rings (SSSR count). The Labute approximate surface area is 144 Å². The summed E-state index contributed by atoms with van der Waals surface area (Å²) in [6.07, 6.45) is -4.49. The lowest BCUT2D eigenvalue weighted by Crippen LogP contribution is -2.21. The second-order valence-electron chi connectivity index (χ2n) is 5.25. The largest absolute Gasteiger partial charge is 0.416 e. The van der Waals surface area contributed by atoms with Crippen molar-refractivity contribution in [1.82, 2.24) is 20.2 Å². The van der Waals surface area contributed by atoms with E-state index in [1.54, 1.807) is 6.07 Å². The van der Waals surface area contributed by atoms with Crippen molar-refractivity contribution >= 4 is 11.6 Å². The molecule has 134 valence electrons. The number of aromatic nitrogens is 4. The van der Waals surface area contributed by atoms with Crippen molar-refractivity contribution in [3.8, 4) is 11.4 Å². The predicted molar refractivity (Wildman–Crippen MR) is 83.3 cm³/mol. The minimum Gasteiger partial charge on any atom is -0.322 e. The van der Waals surface area contributed by atoms with Crippen molar-refractivity contribution in [2.45, 2.75) is 12.7 Å². The van der Waals surface area contributed by atoms with Crippen LogP contribution in [0.2, 0.25) is 0 Å². The predicted octanol–water partition coefficient (Wildman–Crippen LogP) is 3.14. The van der Waals surface area contributed by atoms with E-state index in [0.717, 1.165) is 16.9 Å². The third-order valence-electron chi connectivity index (χ3n) is 3.33. The second-order valence-corrected chi connectivity index (χ2v) is 5.25. The number of hydrogen-bond acceptors (Lipinski definition) is 4. The number of anilines is 1. The standard InChI is InChI=1S/C16H11F4N5O/c17-12-6-1-2-7-13(12)21-14(26)9-25-23-15(22-24-25)10-4-3-5-11(8-10)16(18,19)20/h1-8H,9H2,(H,21,26). The van der Waals surface area contributed by atoms with E-state index in [4.69, 9.17) is 0 Å². The molecule has 0 radical (unpaired) electrons. The Morgan fingerprint density at radius 3 is 2.62 bits per heavy atom. The van der Waals surface area contributed by atoms with Crippen LogP contribution in [0.3, 0.4) is 0 Å². The average molecular weight is 365 g/mol. The molecule has 3 aromatic rings. The summed E-state index contributed by atoms with van der Waals surface area (Å²) in [5.74, 6) is -1.27. The number of benzene rings is 2. The topological polar surface area (TPSA) is 72.7 Å². The van der Waals surface area contributed by atoms with Crippen LogP contribution in [0.15, 0.2) is 48.5 Å². The van der Waals surface area contributed by atoms with Crippen LogP contribution in [0.4, 0.5) is 23.2 Å². The van der Waals surface area contributed by atoms with Gasteiger partial charge in [0.1, 0.15) is 12.4 Å². The molecule has 0 atom stereocenters. The van der Waals surface area contributed by atoms with Gasteiger partial charge in [0.05, 0.1) is 11.3 Å². The van der Waals surface area contributed by atoms with Crippen molar-refractivity contribution in [2.75, 3.05) is 5.32 Å². The number of amides is 1. The van der Waals surface area contributed by atoms with Gasteiger partial charge in [-0.25, -0.2) is 4.39 Å². The minimum atomic E-state index is -4.49. The van der Waals surface area contributed by atoms with E-state index in [1.165, 1.54) is 30.3 Å². The molecule has 1 N–H and O–H groups in total. The number of alkyl halides is 3. The molecule has 0 aliphatic heterocycles. The smallest absolute Gasteiger partial charge is 0.322 e. The number of nitrogens with one attached hydrogen (secondary N) is 1. The molecule has 1 aromatic heterocycles. The van der Waals surface area contributed by atoms with Crippen LogP contribution < -0.4 is 5.32 Å². The molecule has 0 unspecified atom stereocenters. The molecular formula is C16H11F4N5O. The van der Waals surface area contributed by atoms with Gasteiger partial charge < -0.3 is 5.32 Å². The summed E-state index contributed by atoms with van der Waals surface area (Å²) in [5, 5.41) is 13.5. The number of hydrogen-bond donors (Lipinski definition) is 1. The van der Waals surface area contributed by atoms with E-state index in [-0.39, 0.29) is 23.6 Å². The van der Waals surface area contributed by atoms with E-state index in [0.29, 0.717) is 0 Å². The molecule has 0 aliphatic carbocycles. The zero-order valence-electron chi connectivity index (χ0n) is 13.0. The first-order valence-electron chi connectivity index (χ1n) is 7.33. The maximum atomic E-state index is 13.5. The first kappa shape index (κ1) is 17.5. The lowest BCUT2D eigenvalue weighted by Gasteiger charge is -2.06. The first-order valence-corrected chi connectivity index (χ1v) is 7.33. The van der Waals surface area contributed by atoms with Crippen LogP contribution in [-0.2, 0) is 17.5 Å². The minimum absolute atomic E-state index is 0.00397. The second kappa shape index (κ2) is 6.90. The normalized spacial score (nSPS) is 11.4. The average Bonchev–Trinajstić information content (AvgIpc) is 3.05. The Kier molecular flexibility index (Phi) is 4.65. The van der Waals surface area contributed by atoms with E-state index < -0.39 is 23.5 Å². The van der Waals surface area contributed by atoms with Crippen molar-refractivity contribution < 1.29 is 22.4 Å². The van der Waals surface area contributed by atoms with Crippen LogP contribution in [-0.4, -0.2) is 26.1 Å². The lowest BCUT2D eigenvalue weighted by molar-refractivity contribution is -0.137. The first-order chi connectivity index (χ1) is 12.3. The maximum absolute atomic E-state index is 13.5. The van der Waals surface area contributed by atoms with Gasteiger partial charge in [0.2, 0.25) is 11.7 Å². The molecule has 26 heavy (non-hydrogen) atoms. The molecule has 0 saturated carbocycles. The Morgan fingerprint density at radius 2 is 1.88 bits per heavy atom. The Hall–Kier alpha value is -3.30. The van der Waals surface area contributed by atoms with Gasteiger partial charge in [-0.05, 0) is 29.5 Å². The van der Waals surface area contributed by atoms with Gasteiger partial charge in [-0.2, -0.15) is 18.0 Å². The quantitative estimate of drug-likeness (QED) is 0.721. The number of carbonyl (C=O) groups excluding carboxylic acids is 1. The SMILES string of the molecule is O=C(Cn1nnc(-c2cccc(C(F)(F)F)c2)n1)Nc1ccccc1F. The highest BCUT2D eigenvalue weighted by Gasteiger charge is 2.30. The number of nitrogens with zero attached hydrogens (tertiary/aromatic N) is 4. The van der Waals surface area contributed by atoms with Gasteiger partial charge in [-0.1, -0.05) is 24.3 Å². The summed E-state index contributed by atoms with van der Waals surface area (Å²) in [6, 6.07) is 10.0. The summed E-state index contributed by atoms with van der Waals surface area (Å²) < 4.78 is 51.8. The molecule has 10 heteroatoms. The van der Waals surface area contributed by atoms with Crippen molar-refractivity contribution in [1.29, 1.82) is 0 Å². The molecule has 0 spiro atoms. The van der Waals surface area contributed by atoms with Gasteiger partial charge >= 0.3 is 6.18 Å². The number of para-hydroxylation sites is 1. The summed E-state index contributed by atoms with van der Waals surface area (Å²) in [4.78, 5) is 12.8. The number of carbonyl (C=O) groups is 1. The van der Waals surface area contributed by atoms with Gasteiger partial charge in [0, 0.05) is 5.56 Å². The summed E-state index contributed by atoms with van der Waals surface area (Å²) in [7, 11) is 0. The highest BCUT2D eigenvalue weighted by Crippen LogP contribution is 2.31. The Morgan fingerprint density at radius 1 is 1.12 bits per heavy atom. The molecule has 0 saturated heterocycles. The van der Waals surface area contributed by atoms with Crippen LogP contribution in [0.5, 0.6) is 0 Å². The van der Waals surface area contributed by atoms with Crippen LogP contribution in [0.25, 0.3) is 11.4 Å². The van der Waals surface area contributed by atoms with E-state index in [1.807, 2.05) is 0 Å². The van der Waals surface area contributed by atoms with E-state index in [2.05, 4.69) is 20.7 Å². The van der Waals surface area contributed by atoms with E-state index >= 15 is 0 Å². The summed E-state index contributed by atoms with van der Waals surface area (Å²) in [5.41, 5.74) is -0.736. The Bertz CT molecular complexity index is 938. The van der Waals surface area contributed by atoms with Gasteiger partial charge in [0.15, 0.2) is 0 Å². The van der Waals surface area contributed by atoms with Crippen LogP contribution in [0.1, 0.15) is 5.56 Å². The third-order valence-corrected chi connectivity index (χ3v) is 3.33. The van der Waals surface area contributed by atoms with Crippen LogP contribution in [0, 0.1) is 5.82 Å². The molecule has 2 aromatic carbocycles. The zero-order valence-corrected chi connectivity index (χ0v) is 13.0. The number of rotatable bonds is 4. The summed E-state index contributed by atoms with van der Waals surface area (Å²) in [6.45, 7) is -0.375. The molecule has 6 nitrogen and oxygen atoms in total. The van der Waals surface area contributed by atoms with Crippen molar-refractivity contribution in [3.63, 3.8) is 0 Å². The van der Waals surface area contributed by atoms with Crippen molar-refractivity contribution in [3.05, 3.63) is 59.9 Å². The molecular weight excluding hydrogens is 354 g/mol. The van der Waals surface area contributed by atoms with Crippen molar-refractivity contribution in [2.24, 2.45) is 0 Å². The fourth-order valence-corrected chi connectivity index (χ4v) is 2.14. The lowest BCUT2D eigenvalue weighted by atomic mass is 10.1. The zero-order chi connectivity index (χ0) is 18.7. The number of tetrazole rings is 1. The van der Waals surface area contributed by atoms with Crippen LogP contribution >= 0.6 is 0 Å². The highest BCUT2D eigenvalue weighted by molar-refractivity contribution is 5.90. The fourth-order valence-electron chi connectivity index (χ4n) is 2.14. The van der Waals surface area contributed by atoms with Gasteiger partial charge in [-0.3, -0.25) is 4.79 Å². The van der Waals surface area contributed by atoms with Gasteiger partial charge in [0.25, 0.3) is 0 Å². The van der Waals surface area contributed by atoms with Gasteiger partial charge in [-0.15, -0.1) is 10.2 Å². The summed E-state index contributed by atoms with van der Waals surface area (Å²) >= 11 is 0. The maximum Gasteiger partial charge on any atom is 0.416 e. The fraction of sp³-hybridized carbons (Fsp3) is 0.125. The molecule has 0 fully saturated rings. The molecule has 0 aliphatic rings. The van der Waals surface area contributed by atoms with E-state index in [9.17, 15) is 22.4 Å².